The van der Waals surface area contributed by atoms with Crippen molar-refractivity contribution in [2.75, 3.05) is 0 Å². The van der Waals surface area contributed by atoms with Crippen LogP contribution in [0.25, 0.3) is 0 Å². The van der Waals surface area contributed by atoms with Crippen molar-refractivity contribution < 1.29 is 29.7 Å². The number of fused-ring (bicyclic) bond motifs is 7. The summed E-state index contributed by atoms with van der Waals surface area (Å²) in [7, 11) is 0. The fourth-order valence-electron chi connectivity index (χ4n) is 4.71. The summed E-state index contributed by atoms with van der Waals surface area (Å²) in [6, 6.07) is 7.14. The van der Waals surface area contributed by atoms with Gasteiger partial charge in [-0.15, -0.1) is 0 Å². The molecular formula is C21H14O6. The summed E-state index contributed by atoms with van der Waals surface area (Å²) < 4.78 is 0. The molecule has 5 rings (SSSR count). The first-order chi connectivity index (χ1) is 12.8. The number of phenols is 2. The van der Waals surface area contributed by atoms with Gasteiger partial charge < -0.3 is 15.3 Å². The molecule has 6 nitrogen and oxygen atoms in total. The molecule has 0 heterocycles. The lowest BCUT2D eigenvalue weighted by Crippen LogP contribution is -2.36. The van der Waals surface area contributed by atoms with E-state index in [1.165, 1.54) is 24.3 Å². The van der Waals surface area contributed by atoms with Crippen molar-refractivity contribution in [3.8, 4) is 11.5 Å². The fraction of sp³-hybridized carbons (Fsp3) is 0.190. The molecule has 3 N–H and O–H groups in total. The number of carbonyl (C=O) groups excluding carboxylic acids is 3. The van der Waals surface area contributed by atoms with Gasteiger partial charge in [-0.2, -0.15) is 0 Å². The Morgan fingerprint density at radius 3 is 2.48 bits per heavy atom. The Balaban J connectivity index is 1.86. The second-order valence-electron chi connectivity index (χ2n) is 7.33. The van der Waals surface area contributed by atoms with Crippen molar-refractivity contribution in [2.24, 2.45) is 5.92 Å². The first-order valence-electron chi connectivity index (χ1n) is 8.52. The summed E-state index contributed by atoms with van der Waals surface area (Å²) in [5.41, 5.74) is -1.51. The summed E-state index contributed by atoms with van der Waals surface area (Å²) >= 11 is 0. The number of aryl methyl sites for hydroxylation is 1. The number of aromatic hydroxyl groups is 2. The number of benzene rings is 2. The number of hydrogen-bond acceptors (Lipinski definition) is 6. The topological polar surface area (TPSA) is 112 Å². The summed E-state index contributed by atoms with van der Waals surface area (Å²) in [5.74, 6) is -3.32. The van der Waals surface area contributed by atoms with Crippen LogP contribution >= 0.6 is 0 Å². The highest BCUT2D eigenvalue weighted by molar-refractivity contribution is 6.32. The molecule has 0 amide bonds. The van der Waals surface area contributed by atoms with Crippen molar-refractivity contribution in [3.63, 3.8) is 0 Å². The zero-order valence-corrected chi connectivity index (χ0v) is 14.2. The van der Waals surface area contributed by atoms with Gasteiger partial charge in [-0.3, -0.25) is 14.4 Å². The Kier molecular flexibility index (Phi) is 2.79. The molecule has 3 aliphatic carbocycles. The number of carbonyl (C=O) groups is 3. The van der Waals surface area contributed by atoms with Crippen LogP contribution in [0.2, 0.25) is 0 Å². The lowest BCUT2D eigenvalue weighted by Gasteiger charge is -2.33. The van der Waals surface area contributed by atoms with Crippen LogP contribution < -0.4 is 0 Å². The second kappa shape index (κ2) is 4.72. The van der Waals surface area contributed by atoms with Gasteiger partial charge in [0.1, 0.15) is 17.1 Å². The number of hydrogen-bond donors (Lipinski definition) is 3. The van der Waals surface area contributed by atoms with Gasteiger partial charge in [0.25, 0.3) is 0 Å². The van der Waals surface area contributed by atoms with Gasteiger partial charge in [0, 0.05) is 22.3 Å². The lowest BCUT2D eigenvalue weighted by molar-refractivity contribution is 0.0485. The third-order valence-corrected chi connectivity index (χ3v) is 5.79. The average molecular weight is 362 g/mol. The predicted molar refractivity (Wildman–Crippen MR) is 93.0 cm³/mol. The molecule has 0 saturated carbocycles. The van der Waals surface area contributed by atoms with Gasteiger partial charge >= 0.3 is 0 Å². The maximum atomic E-state index is 13.2. The Bertz CT molecular complexity index is 1160. The maximum absolute atomic E-state index is 13.2. The van der Waals surface area contributed by atoms with Crippen LogP contribution in [0.3, 0.4) is 0 Å². The van der Waals surface area contributed by atoms with E-state index >= 15 is 0 Å². The summed E-state index contributed by atoms with van der Waals surface area (Å²) in [4.78, 5) is 39.3. The van der Waals surface area contributed by atoms with Gasteiger partial charge in [-0.1, -0.05) is 18.2 Å². The Hall–Kier alpha value is -3.25. The van der Waals surface area contributed by atoms with E-state index in [2.05, 4.69) is 0 Å². The minimum atomic E-state index is -1.86. The van der Waals surface area contributed by atoms with E-state index in [9.17, 15) is 29.7 Å². The van der Waals surface area contributed by atoms with Gasteiger partial charge in [0.05, 0.1) is 17.0 Å². The minimum Gasteiger partial charge on any atom is -0.507 e. The van der Waals surface area contributed by atoms with E-state index < -0.39 is 28.9 Å². The summed E-state index contributed by atoms with van der Waals surface area (Å²) in [6.45, 7) is 1.69. The first-order valence-corrected chi connectivity index (χ1v) is 8.52. The molecule has 2 bridgehead atoms. The van der Waals surface area contributed by atoms with E-state index in [0.29, 0.717) is 5.56 Å². The van der Waals surface area contributed by atoms with E-state index in [4.69, 9.17) is 0 Å². The predicted octanol–water partition coefficient (Wildman–Crippen LogP) is 2.19. The Morgan fingerprint density at radius 1 is 1.00 bits per heavy atom. The van der Waals surface area contributed by atoms with Gasteiger partial charge in [0.2, 0.25) is 0 Å². The monoisotopic (exact) mass is 362 g/mol. The van der Waals surface area contributed by atoms with Crippen LogP contribution in [-0.4, -0.2) is 32.7 Å². The number of rotatable bonds is 0. The van der Waals surface area contributed by atoms with E-state index in [1.54, 1.807) is 13.0 Å². The molecule has 0 radical (unpaired) electrons. The van der Waals surface area contributed by atoms with Crippen molar-refractivity contribution in [1.29, 1.82) is 0 Å². The molecule has 134 valence electrons. The Labute approximate surface area is 153 Å². The molecule has 2 atom stereocenters. The van der Waals surface area contributed by atoms with Crippen LogP contribution in [0.15, 0.2) is 41.5 Å². The van der Waals surface area contributed by atoms with E-state index in [1.807, 2.05) is 0 Å². The molecule has 0 saturated heterocycles. The molecule has 0 spiro atoms. The Morgan fingerprint density at radius 2 is 1.74 bits per heavy atom. The number of phenolic OH excluding ortho intramolecular Hbond substituents is 2. The first kappa shape index (κ1) is 16.0. The molecule has 2 unspecified atom stereocenters. The average Bonchev–Trinajstić information content (AvgIpc) is 2.89. The largest absolute Gasteiger partial charge is 0.507 e. The highest BCUT2D eigenvalue weighted by atomic mass is 16.3. The lowest BCUT2D eigenvalue weighted by atomic mass is 9.74. The van der Waals surface area contributed by atoms with Crippen LogP contribution in [0.5, 0.6) is 11.5 Å². The SMILES string of the molecule is Cc1cc(O)c2c(c1)C1(O)CC(C2=O)C2=C1C(=O)c1c(O)cccc1C2=O. The van der Waals surface area contributed by atoms with Gasteiger partial charge in [-0.25, -0.2) is 0 Å². The van der Waals surface area contributed by atoms with Crippen molar-refractivity contribution in [3.05, 3.63) is 69.3 Å². The summed E-state index contributed by atoms with van der Waals surface area (Å²) in [5, 5.41) is 31.9. The van der Waals surface area contributed by atoms with E-state index in [0.717, 1.165) is 0 Å². The molecule has 6 heteroatoms. The van der Waals surface area contributed by atoms with Gasteiger partial charge in [0.15, 0.2) is 17.3 Å². The molecule has 0 aliphatic heterocycles. The quantitative estimate of drug-likeness (QED) is 0.662. The number of Topliss-reactive ketones (excluding diaryl/α,β-unsaturated/α-hetero) is 3. The minimum absolute atomic E-state index is 0.0205. The zero-order chi connectivity index (χ0) is 19.2. The molecule has 0 fully saturated rings. The maximum Gasteiger partial charge on any atom is 0.197 e. The van der Waals surface area contributed by atoms with E-state index in [-0.39, 0.29) is 51.3 Å². The highest BCUT2D eigenvalue weighted by Crippen LogP contribution is 2.57. The van der Waals surface area contributed by atoms with Crippen LogP contribution in [0.4, 0.5) is 0 Å². The number of ketones is 3. The standard InChI is InChI=1S/C21H14O6/c1-8-5-11-16(13(23)6-8)19(25)10-7-21(11,27)17-15(10)18(24)9-3-2-4-12(22)14(9)20(17)26/h2-6,10,22-23,27H,7H2,1H3. The van der Waals surface area contributed by atoms with Crippen LogP contribution in [0.1, 0.15) is 48.6 Å². The molecule has 0 aromatic heterocycles. The number of aliphatic hydroxyl groups is 1. The molecule has 2 aromatic rings. The normalized spacial score (nSPS) is 25.4. The number of allylic oxidation sites excluding steroid dienone is 1. The van der Waals surface area contributed by atoms with Crippen molar-refractivity contribution in [1.82, 2.24) is 0 Å². The third-order valence-electron chi connectivity index (χ3n) is 5.79. The molecule has 3 aliphatic rings. The second-order valence-corrected chi connectivity index (χ2v) is 7.33. The van der Waals surface area contributed by atoms with Gasteiger partial charge in [-0.05, 0) is 31.0 Å². The van der Waals surface area contributed by atoms with Crippen LogP contribution in [-0.2, 0) is 5.60 Å². The molecule has 27 heavy (non-hydrogen) atoms. The zero-order valence-electron chi connectivity index (χ0n) is 14.2. The highest BCUT2D eigenvalue weighted by Gasteiger charge is 2.60. The fourth-order valence-corrected chi connectivity index (χ4v) is 4.71. The van der Waals surface area contributed by atoms with Crippen molar-refractivity contribution in [2.45, 2.75) is 18.9 Å². The smallest absolute Gasteiger partial charge is 0.197 e. The van der Waals surface area contributed by atoms with Crippen molar-refractivity contribution >= 4 is 17.3 Å². The molecule has 2 aromatic carbocycles. The summed E-state index contributed by atoms with van der Waals surface area (Å²) in [6.07, 6.45) is -0.126. The molecular weight excluding hydrogens is 348 g/mol. The third kappa shape index (κ3) is 1.71. The van der Waals surface area contributed by atoms with Crippen LogP contribution in [0, 0.1) is 12.8 Å².